The van der Waals surface area contributed by atoms with Gasteiger partial charge in [0.25, 0.3) is 11.7 Å². The Balaban J connectivity index is 2.22. The average Bonchev–Trinajstić information content (AvgIpc) is 2.92. The normalized spacial score (nSPS) is 11.4. The van der Waals surface area contributed by atoms with E-state index in [2.05, 4.69) is 5.32 Å². The third kappa shape index (κ3) is 5.01. The van der Waals surface area contributed by atoms with Gasteiger partial charge in [-0.15, -0.1) is 0 Å². The van der Waals surface area contributed by atoms with Gasteiger partial charge in [0.05, 0.1) is 10.7 Å². The van der Waals surface area contributed by atoms with E-state index >= 15 is 0 Å². The monoisotopic (exact) mass is 396 g/mol. The van der Waals surface area contributed by atoms with Crippen LogP contribution in [0, 0.1) is 11.6 Å². The third-order valence-electron chi connectivity index (χ3n) is 3.66. The number of Topliss-reactive ketones (excluding diaryl/α,β-unsaturated/α-hetero) is 2. The number of ketones is 2. The van der Waals surface area contributed by atoms with Crippen molar-refractivity contribution in [1.82, 2.24) is 9.88 Å². The number of aryl methyl sites for hydroxylation is 1. The largest absolute Gasteiger partial charge is 0.347 e. The fourth-order valence-corrected chi connectivity index (χ4v) is 2.71. The highest BCUT2D eigenvalue weighted by Gasteiger charge is 2.24. The molecule has 2 rings (SSSR count). The molecule has 0 aliphatic carbocycles. The van der Waals surface area contributed by atoms with Crippen LogP contribution in [-0.4, -0.2) is 27.6 Å². The molecule has 0 bridgehead atoms. The minimum Gasteiger partial charge on any atom is -0.347 e. The van der Waals surface area contributed by atoms with E-state index in [9.17, 15) is 23.2 Å². The molecule has 0 fully saturated rings. The van der Waals surface area contributed by atoms with Crippen LogP contribution < -0.4 is 5.32 Å². The molecule has 1 aromatic carbocycles. The summed E-state index contributed by atoms with van der Waals surface area (Å²) in [7, 11) is 1.55. The quantitative estimate of drug-likeness (QED) is 0.478. The Hall–Kier alpha value is -2.54. The molecule has 0 spiro atoms. The lowest BCUT2D eigenvalue weighted by molar-refractivity contribution is -0.118. The maximum Gasteiger partial charge on any atom is 0.292 e. The lowest BCUT2D eigenvalue weighted by Gasteiger charge is -2.19. The summed E-state index contributed by atoms with van der Waals surface area (Å²) in [4.78, 5) is 36.7. The van der Waals surface area contributed by atoms with Gasteiger partial charge in [-0.05, 0) is 44.5 Å². The van der Waals surface area contributed by atoms with Gasteiger partial charge in [-0.25, -0.2) is 8.78 Å². The molecule has 0 atom stereocenters. The SMILES string of the molecule is Cn1cc(C(=O)C(=O)NC(C)(C)C)cc1C(=O)Cc1cc(F)c(F)c(Cl)c1. The van der Waals surface area contributed by atoms with Gasteiger partial charge in [-0.2, -0.15) is 0 Å². The van der Waals surface area contributed by atoms with Crippen LogP contribution in [0.25, 0.3) is 0 Å². The molecule has 5 nitrogen and oxygen atoms in total. The van der Waals surface area contributed by atoms with Crippen molar-refractivity contribution in [2.24, 2.45) is 7.05 Å². The second kappa shape index (κ2) is 7.60. The van der Waals surface area contributed by atoms with E-state index in [0.29, 0.717) is 0 Å². The number of carbonyl (C=O) groups is 3. The van der Waals surface area contributed by atoms with Gasteiger partial charge in [0.2, 0.25) is 0 Å². The summed E-state index contributed by atoms with van der Waals surface area (Å²) in [6.45, 7) is 5.22. The standard InChI is InChI=1S/C19H19ClF2N2O3/c1-19(2,3)23-18(27)17(26)11-8-14(24(4)9-11)15(25)7-10-5-12(20)16(22)13(21)6-10/h5-6,8-9H,7H2,1-4H3,(H,23,27). The Kier molecular flexibility index (Phi) is 5.85. The highest BCUT2D eigenvalue weighted by Crippen LogP contribution is 2.21. The van der Waals surface area contributed by atoms with Crippen molar-refractivity contribution >= 4 is 29.1 Å². The fraction of sp³-hybridized carbons (Fsp3) is 0.316. The Bertz CT molecular complexity index is 907. The molecule has 2 aromatic rings. The molecule has 1 heterocycles. The fourth-order valence-electron chi connectivity index (χ4n) is 2.48. The first kappa shape index (κ1) is 20.8. The van der Waals surface area contributed by atoms with Crippen LogP contribution in [0.3, 0.4) is 0 Å². The predicted molar refractivity (Wildman–Crippen MR) is 97.0 cm³/mol. The summed E-state index contributed by atoms with van der Waals surface area (Å²) < 4.78 is 28.1. The first-order valence-electron chi connectivity index (χ1n) is 8.09. The van der Waals surface area contributed by atoms with Gasteiger partial charge in [-0.3, -0.25) is 14.4 Å². The number of aromatic nitrogens is 1. The van der Waals surface area contributed by atoms with E-state index in [4.69, 9.17) is 11.6 Å². The van der Waals surface area contributed by atoms with Crippen LogP contribution >= 0.6 is 11.6 Å². The molecule has 0 saturated heterocycles. The number of hydrogen-bond acceptors (Lipinski definition) is 3. The molecule has 144 valence electrons. The smallest absolute Gasteiger partial charge is 0.292 e. The molecule has 0 aliphatic heterocycles. The highest BCUT2D eigenvalue weighted by atomic mass is 35.5. The molecule has 0 radical (unpaired) electrons. The summed E-state index contributed by atoms with van der Waals surface area (Å²) >= 11 is 5.59. The Morgan fingerprint density at radius 1 is 1.15 bits per heavy atom. The molecule has 0 saturated carbocycles. The number of halogens is 3. The molecule has 1 N–H and O–H groups in total. The van der Waals surface area contributed by atoms with Crippen molar-refractivity contribution in [1.29, 1.82) is 0 Å². The molecule has 0 unspecified atom stereocenters. The molecular formula is C19H19ClF2N2O3. The van der Waals surface area contributed by atoms with Crippen molar-refractivity contribution < 1.29 is 23.2 Å². The topological polar surface area (TPSA) is 68.2 Å². The number of benzene rings is 1. The second-order valence-electron chi connectivity index (χ2n) is 7.23. The van der Waals surface area contributed by atoms with Crippen LogP contribution in [0.15, 0.2) is 24.4 Å². The van der Waals surface area contributed by atoms with Crippen LogP contribution in [0.5, 0.6) is 0 Å². The van der Waals surface area contributed by atoms with E-state index in [1.165, 1.54) is 22.9 Å². The molecule has 1 amide bonds. The highest BCUT2D eigenvalue weighted by molar-refractivity contribution is 6.43. The van der Waals surface area contributed by atoms with Crippen LogP contribution in [0.4, 0.5) is 8.78 Å². The van der Waals surface area contributed by atoms with Crippen LogP contribution in [0.1, 0.15) is 47.2 Å². The molecule has 27 heavy (non-hydrogen) atoms. The van der Waals surface area contributed by atoms with Crippen molar-refractivity contribution in [3.05, 3.63) is 57.9 Å². The van der Waals surface area contributed by atoms with Crippen molar-refractivity contribution in [3.63, 3.8) is 0 Å². The van der Waals surface area contributed by atoms with Gasteiger partial charge >= 0.3 is 0 Å². The maximum atomic E-state index is 13.4. The van der Waals surface area contributed by atoms with Crippen molar-refractivity contribution in [3.8, 4) is 0 Å². The number of hydrogen-bond donors (Lipinski definition) is 1. The Morgan fingerprint density at radius 2 is 1.78 bits per heavy atom. The van der Waals surface area contributed by atoms with Gasteiger partial charge in [0.15, 0.2) is 17.4 Å². The minimum atomic E-state index is -1.18. The van der Waals surface area contributed by atoms with Gasteiger partial charge in [-0.1, -0.05) is 11.6 Å². The zero-order chi connectivity index (χ0) is 20.5. The Labute approximate surface area is 160 Å². The third-order valence-corrected chi connectivity index (χ3v) is 3.93. The van der Waals surface area contributed by atoms with Crippen LogP contribution in [0.2, 0.25) is 5.02 Å². The summed E-state index contributed by atoms with van der Waals surface area (Å²) in [5.74, 6) is -4.30. The average molecular weight is 397 g/mol. The maximum absolute atomic E-state index is 13.4. The van der Waals surface area contributed by atoms with Gasteiger partial charge in [0, 0.05) is 30.8 Å². The second-order valence-corrected chi connectivity index (χ2v) is 7.64. The molecule has 1 aromatic heterocycles. The summed E-state index contributed by atoms with van der Waals surface area (Å²) in [5.41, 5.74) is -0.163. The van der Waals surface area contributed by atoms with Crippen LogP contribution in [-0.2, 0) is 18.3 Å². The minimum absolute atomic E-state index is 0.0610. The molecular weight excluding hydrogens is 378 g/mol. The number of nitrogens with one attached hydrogen (secondary N) is 1. The number of amides is 1. The lowest BCUT2D eigenvalue weighted by atomic mass is 10.1. The number of nitrogens with zero attached hydrogens (tertiary/aromatic N) is 1. The molecule has 8 heteroatoms. The lowest BCUT2D eigenvalue weighted by Crippen LogP contribution is -2.44. The summed E-state index contributed by atoms with van der Waals surface area (Å²) in [6.07, 6.45) is 1.13. The van der Waals surface area contributed by atoms with Gasteiger partial charge < -0.3 is 9.88 Å². The van der Waals surface area contributed by atoms with E-state index in [1.807, 2.05) is 0 Å². The van der Waals surface area contributed by atoms with Crippen molar-refractivity contribution in [2.45, 2.75) is 32.7 Å². The van der Waals surface area contributed by atoms with E-state index in [-0.39, 0.29) is 23.2 Å². The molecule has 0 aliphatic rings. The Morgan fingerprint density at radius 3 is 2.33 bits per heavy atom. The van der Waals surface area contributed by atoms with E-state index in [0.717, 1.165) is 6.07 Å². The van der Waals surface area contributed by atoms with E-state index < -0.39 is 39.7 Å². The first-order valence-corrected chi connectivity index (χ1v) is 8.46. The summed E-state index contributed by atoms with van der Waals surface area (Å²) in [6, 6.07) is 3.36. The predicted octanol–water partition coefficient (Wildman–Crippen LogP) is 3.48. The van der Waals surface area contributed by atoms with Gasteiger partial charge in [0.1, 0.15) is 0 Å². The number of carbonyl (C=O) groups excluding carboxylic acids is 3. The summed E-state index contributed by atoms with van der Waals surface area (Å²) in [5, 5.41) is 2.14. The first-order chi connectivity index (χ1) is 12.4. The zero-order valence-electron chi connectivity index (χ0n) is 15.3. The van der Waals surface area contributed by atoms with Crippen molar-refractivity contribution in [2.75, 3.05) is 0 Å². The van der Waals surface area contributed by atoms with E-state index in [1.54, 1.807) is 27.8 Å². The zero-order valence-corrected chi connectivity index (χ0v) is 16.1. The number of rotatable bonds is 5.